The molecule has 0 aliphatic rings. The number of furan rings is 2. The summed E-state index contributed by atoms with van der Waals surface area (Å²) >= 11 is 0. The molecule has 0 spiro atoms. The topological polar surface area (TPSA) is 94.7 Å². The molecule has 8 nitrogen and oxygen atoms in total. The van der Waals surface area contributed by atoms with E-state index in [1.807, 2.05) is 19.9 Å². The SMILES string of the molecule is Cc1cc2c(cc3c(=O)n(CCCC(=O)NCc4ccco4)nc(C)n32)o1. The number of aromatic nitrogens is 3. The van der Waals surface area contributed by atoms with E-state index in [0.717, 1.165) is 11.3 Å². The minimum Gasteiger partial charge on any atom is -0.467 e. The van der Waals surface area contributed by atoms with Gasteiger partial charge in [0.2, 0.25) is 5.91 Å². The number of carbonyl (C=O) groups excluding carboxylic acids is 1. The number of aryl methyl sites for hydroxylation is 3. The molecule has 0 radical (unpaired) electrons. The van der Waals surface area contributed by atoms with Crippen LogP contribution in [0, 0.1) is 13.8 Å². The molecule has 140 valence electrons. The fraction of sp³-hybridized carbons (Fsp3) is 0.316. The Morgan fingerprint density at radius 1 is 1.26 bits per heavy atom. The lowest BCUT2D eigenvalue weighted by molar-refractivity contribution is -0.121. The summed E-state index contributed by atoms with van der Waals surface area (Å²) in [5.74, 6) is 2.10. The highest BCUT2D eigenvalue weighted by molar-refractivity contribution is 5.83. The van der Waals surface area contributed by atoms with E-state index in [4.69, 9.17) is 8.83 Å². The van der Waals surface area contributed by atoms with Crippen LogP contribution in [-0.2, 0) is 17.9 Å². The van der Waals surface area contributed by atoms with Gasteiger partial charge in [-0.1, -0.05) is 0 Å². The Hall–Kier alpha value is -3.29. The first-order valence-corrected chi connectivity index (χ1v) is 8.81. The van der Waals surface area contributed by atoms with E-state index in [9.17, 15) is 9.59 Å². The summed E-state index contributed by atoms with van der Waals surface area (Å²) in [5, 5.41) is 7.18. The van der Waals surface area contributed by atoms with Crippen molar-refractivity contribution in [2.24, 2.45) is 0 Å². The monoisotopic (exact) mass is 368 g/mol. The Labute approximate surface area is 154 Å². The zero-order valence-electron chi connectivity index (χ0n) is 15.2. The van der Waals surface area contributed by atoms with E-state index < -0.39 is 0 Å². The maximum Gasteiger partial charge on any atom is 0.291 e. The Morgan fingerprint density at radius 3 is 2.89 bits per heavy atom. The maximum absolute atomic E-state index is 12.7. The Kier molecular flexibility index (Phi) is 4.31. The minimum atomic E-state index is -0.194. The summed E-state index contributed by atoms with van der Waals surface area (Å²) in [5.41, 5.74) is 1.85. The van der Waals surface area contributed by atoms with Crippen molar-refractivity contribution in [3.63, 3.8) is 0 Å². The molecule has 0 aliphatic heterocycles. The largest absolute Gasteiger partial charge is 0.467 e. The number of carbonyl (C=O) groups is 1. The summed E-state index contributed by atoms with van der Waals surface area (Å²) in [6.45, 7) is 4.45. The van der Waals surface area contributed by atoms with Crippen molar-refractivity contribution < 1.29 is 13.6 Å². The van der Waals surface area contributed by atoms with E-state index in [-0.39, 0.29) is 11.5 Å². The van der Waals surface area contributed by atoms with Crippen LogP contribution in [0.3, 0.4) is 0 Å². The molecule has 4 aromatic rings. The van der Waals surface area contributed by atoms with Crippen LogP contribution in [-0.4, -0.2) is 20.1 Å². The molecule has 0 fully saturated rings. The average molecular weight is 368 g/mol. The van der Waals surface area contributed by atoms with E-state index in [0.29, 0.717) is 48.6 Å². The summed E-state index contributed by atoms with van der Waals surface area (Å²) in [6.07, 6.45) is 2.39. The zero-order chi connectivity index (χ0) is 19.0. The van der Waals surface area contributed by atoms with Gasteiger partial charge in [0.15, 0.2) is 5.58 Å². The number of nitrogens with zero attached hydrogens (tertiary/aromatic N) is 3. The predicted molar refractivity (Wildman–Crippen MR) is 98.5 cm³/mol. The van der Waals surface area contributed by atoms with Gasteiger partial charge in [0.05, 0.1) is 18.3 Å². The molecule has 27 heavy (non-hydrogen) atoms. The third kappa shape index (κ3) is 3.25. The summed E-state index contributed by atoms with van der Waals surface area (Å²) in [6, 6.07) is 7.21. The molecule has 0 aromatic carbocycles. The number of hydrogen-bond donors (Lipinski definition) is 1. The molecule has 1 N–H and O–H groups in total. The van der Waals surface area contributed by atoms with Gasteiger partial charge in [-0.15, -0.1) is 0 Å². The highest BCUT2D eigenvalue weighted by Crippen LogP contribution is 2.22. The fourth-order valence-electron chi connectivity index (χ4n) is 3.25. The zero-order valence-corrected chi connectivity index (χ0v) is 15.2. The van der Waals surface area contributed by atoms with E-state index in [1.54, 1.807) is 28.9 Å². The van der Waals surface area contributed by atoms with Crippen LogP contribution in [0.4, 0.5) is 0 Å². The van der Waals surface area contributed by atoms with Crippen molar-refractivity contribution in [2.75, 3.05) is 0 Å². The van der Waals surface area contributed by atoms with Gasteiger partial charge in [0.1, 0.15) is 22.9 Å². The second kappa shape index (κ2) is 6.79. The van der Waals surface area contributed by atoms with Gasteiger partial charge in [-0.25, -0.2) is 4.68 Å². The maximum atomic E-state index is 12.7. The summed E-state index contributed by atoms with van der Waals surface area (Å²) in [4.78, 5) is 24.6. The lowest BCUT2D eigenvalue weighted by atomic mass is 10.3. The van der Waals surface area contributed by atoms with E-state index >= 15 is 0 Å². The minimum absolute atomic E-state index is 0.0899. The van der Waals surface area contributed by atoms with Gasteiger partial charge in [-0.3, -0.25) is 14.0 Å². The molecule has 0 bridgehead atoms. The number of nitrogens with one attached hydrogen (secondary N) is 1. The smallest absolute Gasteiger partial charge is 0.291 e. The van der Waals surface area contributed by atoms with Gasteiger partial charge in [0, 0.05) is 25.1 Å². The first kappa shape index (κ1) is 17.1. The molecule has 4 rings (SSSR count). The van der Waals surface area contributed by atoms with Gasteiger partial charge in [-0.05, 0) is 32.4 Å². The van der Waals surface area contributed by atoms with Gasteiger partial charge >= 0.3 is 0 Å². The normalized spacial score (nSPS) is 11.5. The lowest BCUT2D eigenvalue weighted by Crippen LogP contribution is -2.27. The quantitative estimate of drug-likeness (QED) is 0.564. The highest BCUT2D eigenvalue weighted by Gasteiger charge is 2.15. The average Bonchev–Trinajstić information content (AvgIpc) is 3.33. The Bertz CT molecular complexity index is 1160. The van der Waals surface area contributed by atoms with Crippen molar-refractivity contribution >= 4 is 22.5 Å². The van der Waals surface area contributed by atoms with Crippen LogP contribution in [0.2, 0.25) is 0 Å². The lowest BCUT2D eigenvalue weighted by Gasteiger charge is -2.08. The fourth-order valence-corrected chi connectivity index (χ4v) is 3.25. The first-order chi connectivity index (χ1) is 13.0. The number of amides is 1. The van der Waals surface area contributed by atoms with Crippen molar-refractivity contribution in [1.82, 2.24) is 19.5 Å². The molecule has 0 atom stereocenters. The third-order valence-electron chi connectivity index (χ3n) is 4.47. The Morgan fingerprint density at radius 2 is 2.11 bits per heavy atom. The second-order valence-electron chi connectivity index (χ2n) is 6.51. The molecular formula is C19H20N4O4. The molecule has 0 saturated carbocycles. The van der Waals surface area contributed by atoms with Crippen molar-refractivity contribution in [3.8, 4) is 0 Å². The van der Waals surface area contributed by atoms with E-state index in [2.05, 4.69) is 10.4 Å². The molecule has 0 aliphatic carbocycles. The Balaban J connectivity index is 1.45. The summed E-state index contributed by atoms with van der Waals surface area (Å²) < 4.78 is 14.0. The van der Waals surface area contributed by atoms with Crippen LogP contribution in [0.25, 0.3) is 16.6 Å². The first-order valence-electron chi connectivity index (χ1n) is 8.81. The molecule has 4 heterocycles. The second-order valence-corrected chi connectivity index (χ2v) is 6.51. The van der Waals surface area contributed by atoms with Crippen LogP contribution in [0.5, 0.6) is 0 Å². The summed E-state index contributed by atoms with van der Waals surface area (Å²) in [7, 11) is 0. The molecule has 4 aromatic heterocycles. The molecule has 0 saturated heterocycles. The number of hydrogen-bond acceptors (Lipinski definition) is 5. The van der Waals surface area contributed by atoms with Gasteiger partial charge in [-0.2, -0.15) is 5.10 Å². The number of fused-ring (bicyclic) bond motifs is 3. The van der Waals surface area contributed by atoms with Gasteiger partial charge < -0.3 is 14.2 Å². The number of rotatable bonds is 6. The van der Waals surface area contributed by atoms with Crippen molar-refractivity contribution in [2.45, 2.75) is 39.8 Å². The highest BCUT2D eigenvalue weighted by atomic mass is 16.3. The van der Waals surface area contributed by atoms with Crippen molar-refractivity contribution in [1.29, 1.82) is 0 Å². The third-order valence-corrected chi connectivity index (χ3v) is 4.47. The standard InChI is InChI=1S/C19H20N4O4/c1-12-9-15-17(27-12)10-16-19(25)22(21-13(2)23(15)16)7-3-6-18(24)20-11-14-5-4-8-26-14/h4-5,8-10H,3,6-7,11H2,1-2H3,(H,20,24). The molecule has 8 heteroatoms. The van der Waals surface area contributed by atoms with Crippen molar-refractivity contribution in [3.05, 3.63) is 58.2 Å². The van der Waals surface area contributed by atoms with E-state index in [1.165, 1.54) is 4.68 Å². The molecule has 1 amide bonds. The van der Waals surface area contributed by atoms with Crippen LogP contribution >= 0.6 is 0 Å². The van der Waals surface area contributed by atoms with Crippen LogP contribution < -0.4 is 10.9 Å². The molecular weight excluding hydrogens is 348 g/mol. The van der Waals surface area contributed by atoms with Gasteiger partial charge in [0.25, 0.3) is 5.56 Å². The van der Waals surface area contributed by atoms with Crippen LogP contribution in [0.15, 0.2) is 44.2 Å². The van der Waals surface area contributed by atoms with Crippen LogP contribution in [0.1, 0.15) is 30.2 Å². The molecule has 0 unspecified atom stereocenters. The predicted octanol–water partition coefficient (Wildman–Crippen LogP) is 2.55.